The number of aliphatic hydroxyl groups is 2. The van der Waals surface area contributed by atoms with Crippen molar-refractivity contribution in [2.75, 3.05) is 6.61 Å². The summed E-state index contributed by atoms with van der Waals surface area (Å²) in [6.45, 7) is 16.9. The van der Waals surface area contributed by atoms with Crippen LogP contribution in [0.2, 0.25) is 0 Å². The number of hydrogen-bond acceptors (Lipinski definition) is 5. The fourth-order valence-electron chi connectivity index (χ4n) is 7.17. The maximum absolute atomic E-state index is 12.5. The maximum Gasteiger partial charge on any atom is 0.305 e. The third-order valence-electron chi connectivity index (χ3n) is 11.0. The van der Waals surface area contributed by atoms with E-state index in [1.807, 2.05) is 20.8 Å². The molecular weight excluding hydrogens is 608 g/mol. The van der Waals surface area contributed by atoms with Crippen molar-refractivity contribution >= 4 is 12.3 Å². The fraction of sp³-hybridized carbons (Fsp3) is 0.727. The minimum atomic E-state index is -0.905. The number of carbonyl (C=O) groups excluding carboxylic acids is 2. The summed E-state index contributed by atoms with van der Waals surface area (Å²) >= 11 is 0. The van der Waals surface area contributed by atoms with E-state index in [2.05, 4.69) is 65.0 Å². The molecule has 5 nitrogen and oxygen atoms in total. The first kappa shape index (κ1) is 44.8. The molecule has 1 fully saturated rings. The lowest BCUT2D eigenvalue weighted by atomic mass is 9.54. The van der Waals surface area contributed by atoms with Gasteiger partial charge in [-0.15, -0.1) is 0 Å². The van der Waals surface area contributed by atoms with Gasteiger partial charge in [-0.1, -0.05) is 93.1 Å². The highest BCUT2D eigenvalue weighted by Crippen LogP contribution is 2.55. The summed E-state index contributed by atoms with van der Waals surface area (Å²) in [5, 5.41) is 22.6. The fourth-order valence-corrected chi connectivity index (χ4v) is 7.17. The zero-order valence-electron chi connectivity index (χ0n) is 32.9. The zero-order chi connectivity index (χ0) is 36.7. The van der Waals surface area contributed by atoms with Gasteiger partial charge < -0.3 is 14.9 Å². The van der Waals surface area contributed by atoms with Crippen LogP contribution in [-0.4, -0.2) is 40.8 Å². The van der Waals surface area contributed by atoms with Crippen molar-refractivity contribution in [1.82, 2.24) is 0 Å². The highest BCUT2D eigenvalue weighted by molar-refractivity contribution is 5.74. The molecule has 1 aliphatic rings. The standard InChI is InChI=1S/C44H74O5/c1-9-10-11-12-13-14-15-16-17-18-19-27-42(47)49-33-22-26-40-39(38(6)34-45)30-32-44(8,48)43(40,7)31-21-25-37(5)41(46)29-28-36(4)24-20-23-35(2)3/h12-13,23,25,28,34,40-41,46,48H,9-11,14-22,24,26-27,29-33H2,1-8H3. The van der Waals surface area contributed by atoms with Crippen molar-refractivity contribution in [2.24, 2.45) is 11.3 Å². The van der Waals surface area contributed by atoms with Crippen molar-refractivity contribution < 1.29 is 24.5 Å². The number of carbonyl (C=O) groups is 2. The van der Waals surface area contributed by atoms with E-state index in [0.717, 1.165) is 80.8 Å². The van der Waals surface area contributed by atoms with Crippen LogP contribution in [0.5, 0.6) is 0 Å². The SMILES string of the molecule is CCCCC=CCCCCCCCC(=O)OCCCC1C(=C(C)C=O)CCC(C)(O)C1(C)CCC=C(C)C(O)CC=C(C)CCC=C(C)C. The van der Waals surface area contributed by atoms with Gasteiger partial charge in [0.15, 0.2) is 0 Å². The summed E-state index contributed by atoms with van der Waals surface area (Å²) in [5.41, 5.74) is 4.08. The first-order valence-corrected chi connectivity index (χ1v) is 19.6. The van der Waals surface area contributed by atoms with E-state index in [1.54, 1.807) is 0 Å². The van der Waals surface area contributed by atoms with E-state index >= 15 is 0 Å². The van der Waals surface area contributed by atoms with Crippen molar-refractivity contribution in [1.29, 1.82) is 0 Å². The molecule has 0 amide bonds. The number of unbranched alkanes of at least 4 members (excludes halogenated alkanes) is 7. The van der Waals surface area contributed by atoms with E-state index < -0.39 is 17.1 Å². The first-order valence-electron chi connectivity index (χ1n) is 19.6. The summed E-state index contributed by atoms with van der Waals surface area (Å²) in [5.74, 6) is -0.124. The Labute approximate surface area is 301 Å². The van der Waals surface area contributed by atoms with E-state index in [0.29, 0.717) is 38.7 Å². The lowest BCUT2D eigenvalue weighted by molar-refractivity contribution is -0.144. The molecule has 0 aromatic heterocycles. The Bertz CT molecular complexity index is 1120. The van der Waals surface area contributed by atoms with Crippen molar-refractivity contribution in [2.45, 2.75) is 189 Å². The van der Waals surface area contributed by atoms with Crippen molar-refractivity contribution in [3.63, 3.8) is 0 Å². The van der Waals surface area contributed by atoms with Crippen molar-refractivity contribution in [3.8, 4) is 0 Å². The van der Waals surface area contributed by atoms with E-state index in [4.69, 9.17) is 4.74 Å². The normalized spacial score (nSPS) is 23.4. The van der Waals surface area contributed by atoms with Gasteiger partial charge in [-0.2, -0.15) is 0 Å². The number of rotatable bonds is 25. The number of aldehydes is 1. The van der Waals surface area contributed by atoms with Gasteiger partial charge in [0.05, 0.1) is 18.3 Å². The molecule has 1 saturated carbocycles. The Hall–Kier alpha value is -2.24. The third-order valence-corrected chi connectivity index (χ3v) is 11.0. The molecule has 0 saturated heterocycles. The Morgan fingerprint density at radius 2 is 1.55 bits per heavy atom. The number of aliphatic hydroxyl groups excluding tert-OH is 1. The first-order chi connectivity index (χ1) is 23.3. The molecular formula is C44H74O5. The molecule has 1 rings (SSSR count). The third kappa shape index (κ3) is 17.5. The average molecular weight is 683 g/mol. The van der Waals surface area contributed by atoms with E-state index in [9.17, 15) is 19.8 Å². The highest BCUT2D eigenvalue weighted by Gasteiger charge is 2.52. The summed E-state index contributed by atoms with van der Waals surface area (Å²) in [7, 11) is 0. The smallest absolute Gasteiger partial charge is 0.305 e. The summed E-state index contributed by atoms with van der Waals surface area (Å²) in [6, 6.07) is 0. The quantitative estimate of drug-likeness (QED) is 0.0329. The minimum Gasteiger partial charge on any atom is -0.466 e. The Balaban J connectivity index is 2.69. The van der Waals surface area contributed by atoms with Gasteiger partial charge in [0.25, 0.3) is 0 Å². The van der Waals surface area contributed by atoms with Gasteiger partial charge >= 0.3 is 5.97 Å². The van der Waals surface area contributed by atoms with Gasteiger partial charge in [-0.3, -0.25) is 9.59 Å². The van der Waals surface area contributed by atoms with Gasteiger partial charge in [-0.25, -0.2) is 0 Å². The zero-order valence-corrected chi connectivity index (χ0v) is 32.9. The van der Waals surface area contributed by atoms with Crippen LogP contribution < -0.4 is 0 Å². The van der Waals surface area contributed by atoms with Crippen LogP contribution in [-0.2, 0) is 14.3 Å². The molecule has 4 unspecified atom stereocenters. The maximum atomic E-state index is 12.5. The van der Waals surface area contributed by atoms with Gasteiger partial charge in [0.2, 0.25) is 0 Å². The highest BCUT2D eigenvalue weighted by atomic mass is 16.5. The summed E-state index contributed by atoms with van der Waals surface area (Å²) in [4.78, 5) is 24.4. The topological polar surface area (TPSA) is 83.8 Å². The Morgan fingerprint density at radius 3 is 2.22 bits per heavy atom. The number of hydrogen-bond donors (Lipinski definition) is 2. The van der Waals surface area contributed by atoms with Crippen LogP contribution in [0.3, 0.4) is 0 Å². The second-order valence-corrected chi connectivity index (χ2v) is 15.5. The largest absolute Gasteiger partial charge is 0.466 e. The predicted octanol–water partition coefficient (Wildman–Crippen LogP) is 11.6. The van der Waals surface area contributed by atoms with Crippen LogP contribution in [0.1, 0.15) is 177 Å². The van der Waals surface area contributed by atoms with Crippen molar-refractivity contribution in [3.05, 3.63) is 58.2 Å². The van der Waals surface area contributed by atoms with E-state index in [-0.39, 0.29) is 11.9 Å². The molecule has 0 aliphatic heterocycles. The molecule has 0 bridgehead atoms. The van der Waals surface area contributed by atoms with Gasteiger partial charge in [0, 0.05) is 11.8 Å². The van der Waals surface area contributed by atoms with Crippen LogP contribution in [0.4, 0.5) is 0 Å². The lowest BCUT2D eigenvalue weighted by Gasteiger charge is -2.53. The molecule has 280 valence electrons. The molecule has 0 radical (unpaired) electrons. The van der Waals surface area contributed by atoms with Gasteiger partial charge in [0.1, 0.15) is 6.29 Å². The van der Waals surface area contributed by atoms with E-state index in [1.165, 1.54) is 43.3 Å². The second-order valence-electron chi connectivity index (χ2n) is 15.5. The molecule has 49 heavy (non-hydrogen) atoms. The van der Waals surface area contributed by atoms with Crippen LogP contribution in [0.15, 0.2) is 58.2 Å². The molecule has 0 heterocycles. The number of ether oxygens (including phenoxy) is 1. The minimum absolute atomic E-state index is 0.00617. The number of allylic oxidation sites excluding steroid dienone is 8. The predicted molar refractivity (Wildman–Crippen MR) is 207 cm³/mol. The van der Waals surface area contributed by atoms with Crippen LogP contribution in [0, 0.1) is 11.3 Å². The molecule has 2 N–H and O–H groups in total. The molecule has 1 aliphatic carbocycles. The number of esters is 1. The monoisotopic (exact) mass is 683 g/mol. The summed E-state index contributed by atoms with van der Waals surface area (Å²) in [6.07, 6.45) is 29.2. The Kier molecular flexibility index (Phi) is 22.7. The summed E-state index contributed by atoms with van der Waals surface area (Å²) < 4.78 is 5.64. The molecule has 4 atom stereocenters. The lowest BCUT2D eigenvalue weighted by Crippen LogP contribution is -2.52. The molecule has 0 aromatic carbocycles. The average Bonchev–Trinajstić information content (AvgIpc) is 3.05. The second kappa shape index (κ2) is 24.8. The van der Waals surface area contributed by atoms with Crippen LogP contribution in [0.25, 0.3) is 0 Å². The van der Waals surface area contributed by atoms with Crippen LogP contribution >= 0.6 is 0 Å². The molecule has 5 heteroatoms. The molecule has 0 aromatic rings. The molecule has 0 spiro atoms. The Morgan fingerprint density at radius 1 is 0.878 bits per heavy atom. The van der Waals surface area contributed by atoms with Gasteiger partial charge in [-0.05, 0) is 142 Å².